The van der Waals surface area contributed by atoms with Crippen LogP contribution in [0.5, 0.6) is 0 Å². The molecular formula is C12H18N4O3. The lowest BCUT2D eigenvalue weighted by atomic mass is 10.2. The van der Waals surface area contributed by atoms with Crippen molar-refractivity contribution in [3.8, 4) is 0 Å². The predicted molar refractivity (Wildman–Crippen MR) is 72.2 cm³/mol. The fourth-order valence-electron chi connectivity index (χ4n) is 1.59. The second kappa shape index (κ2) is 6.58. The quantitative estimate of drug-likeness (QED) is 0.684. The minimum Gasteiger partial charge on any atom is -0.478 e. The van der Waals surface area contributed by atoms with Crippen molar-refractivity contribution in [1.82, 2.24) is 10.3 Å². The topological polar surface area (TPSA) is 109 Å². The molecule has 0 aliphatic carbocycles. The molecule has 0 atom stereocenters. The van der Waals surface area contributed by atoms with Crippen LogP contribution in [0.15, 0.2) is 12.3 Å². The number of hydrogen-bond acceptors (Lipinski definition) is 5. The van der Waals surface area contributed by atoms with Gasteiger partial charge in [0.15, 0.2) is 0 Å². The van der Waals surface area contributed by atoms with Crippen LogP contribution in [0.25, 0.3) is 0 Å². The highest BCUT2D eigenvalue weighted by molar-refractivity contribution is 5.94. The molecule has 1 rings (SSSR count). The monoisotopic (exact) mass is 266 g/mol. The van der Waals surface area contributed by atoms with E-state index in [-0.39, 0.29) is 23.7 Å². The van der Waals surface area contributed by atoms with Crippen LogP contribution in [0.2, 0.25) is 0 Å². The van der Waals surface area contributed by atoms with Gasteiger partial charge in [0.25, 0.3) is 0 Å². The number of carbonyl (C=O) groups is 2. The number of hydrogen-bond donors (Lipinski definition) is 3. The third-order valence-corrected chi connectivity index (χ3v) is 2.56. The van der Waals surface area contributed by atoms with Gasteiger partial charge in [-0.3, -0.25) is 4.79 Å². The van der Waals surface area contributed by atoms with Crippen LogP contribution in [-0.4, -0.2) is 41.6 Å². The first-order valence-corrected chi connectivity index (χ1v) is 6.00. The van der Waals surface area contributed by atoms with Crippen molar-refractivity contribution in [1.29, 1.82) is 0 Å². The molecule has 0 unspecified atom stereocenters. The molecule has 0 aliphatic heterocycles. The summed E-state index contributed by atoms with van der Waals surface area (Å²) in [6, 6.07) is 1.38. The maximum absolute atomic E-state index is 11.5. The zero-order valence-corrected chi connectivity index (χ0v) is 11.0. The molecule has 0 aromatic carbocycles. The summed E-state index contributed by atoms with van der Waals surface area (Å²) in [6.45, 7) is 4.90. The summed E-state index contributed by atoms with van der Waals surface area (Å²) in [4.78, 5) is 28.3. The van der Waals surface area contributed by atoms with Gasteiger partial charge in [-0.25, -0.2) is 9.78 Å². The molecule has 0 radical (unpaired) electrons. The van der Waals surface area contributed by atoms with Crippen molar-refractivity contribution in [2.24, 2.45) is 0 Å². The number of likely N-dealkylation sites (N-methyl/N-ethyl adjacent to an activating group) is 2. The van der Waals surface area contributed by atoms with Crippen molar-refractivity contribution in [2.45, 2.75) is 13.8 Å². The van der Waals surface area contributed by atoms with Gasteiger partial charge in [0.05, 0.1) is 24.0 Å². The summed E-state index contributed by atoms with van der Waals surface area (Å²) in [5.74, 6) is -0.838. The van der Waals surface area contributed by atoms with E-state index in [1.165, 1.54) is 12.3 Å². The molecule has 7 nitrogen and oxygen atoms in total. The molecule has 0 saturated carbocycles. The van der Waals surface area contributed by atoms with Crippen LogP contribution < -0.4 is 16.0 Å². The van der Waals surface area contributed by atoms with Gasteiger partial charge in [-0.15, -0.1) is 0 Å². The van der Waals surface area contributed by atoms with Crippen molar-refractivity contribution < 1.29 is 14.7 Å². The van der Waals surface area contributed by atoms with Gasteiger partial charge in [-0.1, -0.05) is 0 Å². The molecule has 0 saturated heterocycles. The fraction of sp³-hybridized carbons (Fsp3) is 0.417. The summed E-state index contributed by atoms with van der Waals surface area (Å²) < 4.78 is 0. The van der Waals surface area contributed by atoms with E-state index in [1.807, 2.05) is 13.8 Å². The SMILES string of the molecule is CCNC(=O)CN(CC)c1cc(C(=O)O)c(N)cn1. The Hall–Kier alpha value is -2.31. The third-order valence-electron chi connectivity index (χ3n) is 2.56. The summed E-state index contributed by atoms with van der Waals surface area (Å²) in [5, 5.41) is 11.7. The first-order valence-electron chi connectivity index (χ1n) is 6.00. The molecule has 0 aliphatic rings. The molecule has 104 valence electrons. The Kier molecular flexibility index (Phi) is 5.11. The number of nitrogens with one attached hydrogen (secondary N) is 1. The van der Waals surface area contributed by atoms with Crippen molar-refractivity contribution in [3.63, 3.8) is 0 Å². The van der Waals surface area contributed by atoms with E-state index in [2.05, 4.69) is 10.3 Å². The largest absolute Gasteiger partial charge is 0.478 e. The maximum Gasteiger partial charge on any atom is 0.337 e. The van der Waals surface area contributed by atoms with E-state index in [0.29, 0.717) is 18.9 Å². The van der Waals surface area contributed by atoms with E-state index in [4.69, 9.17) is 10.8 Å². The second-order valence-electron chi connectivity index (χ2n) is 3.90. The highest BCUT2D eigenvalue weighted by Gasteiger charge is 2.15. The number of carboxylic acid groups (broad SMARTS) is 1. The summed E-state index contributed by atoms with van der Waals surface area (Å²) in [5.41, 5.74) is 5.63. The van der Waals surface area contributed by atoms with Crippen LogP contribution in [0.3, 0.4) is 0 Å². The number of nitrogen functional groups attached to an aromatic ring is 1. The Balaban J connectivity index is 2.95. The second-order valence-corrected chi connectivity index (χ2v) is 3.90. The van der Waals surface area contributed by atoms with Gasteiger partial charge in [-0.2, -0.15) is 0 Å². The molecule has 0 spiro atoms. The summed E-state index contributed by atoms with van der Waals surface area (Å²) in [6.07, 6.45) is 1.29. The maximum atomic E-state index is 11.5. The Labute approximate surface area is 111 Å². The summed E-state index contributed by atoms with van der Waals surface area (Å²) >= 11 is 0. The molecule has 19 heavy (non-hydrogen) atoms. The molecule has 4 N–H and O–H groups in total. The fourth-order valence-corrected chi connectivity index (χ4v) is 1.59. The van der Waals surface area contributed by atoms with Crippen LogP contribution in [-0.2, 0) is 4.79 Å². The molecule has 0 bridgehead atoms. The number of anilines is 2. The third kappa shape index (κ3) is 3.84. The van der Waals surface area contributed by atoms with Gasteiger partial charge < -0.3 is 21.1 Å². The van der Waals surface area contributed by atoms with Crippen molar-refractivity contribution in [2.75, 3.05) is 30.3 Å². The van der Waals surface area contributed by atoms with E-state index >= 15 is 0 Å². The number of nitrogens with zero attached hydrogens (tertiary/aromatic N) is 2. The van der Waals surface area contributed by atoms with E-state index < -0.39 is 5.97 Å². The van der Waals surface area contributed by atoms with Gasteiger partial charge in [-0.05, 0) is 19.9 Å². The number of carbonyl (C=O) groups excluding carboxylic acids is 1. The highest BCUT2D eigenvalue weighted by Crippen LogP contribution is 2.17. The first kappa shape index (κ1) is 14.7. The lowest BCUT2D eigenvalue weighted by Crippen LogP contribution is -2.37. The number of amides is 1. The smallest absolute Gasteiger partial charge is 0.337 e. The van der Waals surface area contributed by atoms with E-state index in [1.54, 1.807) is 4.90 Å². The predicted octanol–water partition coefficient (Wildman–Crippen LogP) is 0.324. The lowest BCUT2D eigenvalue weighted by Gasteiger charge is -2.21. The van der Waals surface area contributed by atoms with Gasteiger partial charge in [0.2, 0.25) is 5.91 Å². The summed E-state index contributed by atoms with van der Waals surface area (Å²) in [7, 11) is 0. The first-order chi connectivity index (χ1) is 8.99. The van der Waals surface area contributed by atoms with E-state index in [9.17, 15) is 9.59 Å². The molecule has 1 amide bonds. The Morgan fingerprint density at radius 1 is 1.47 bits per heavy atom. The standard InChI is InChI=1S/C12H18N4O3/c1-3-14-11(17)7-16(4-2)10-5-8(12(18)19)9(13)6-15-10/h5-6H,3-4,7,13H2,1-2H3,(H,14,17)(H,18,19). The average Bonchev–Trinajstić information content (AvgIpc) is 2.36. The highest BCUT2D eigenvalue weighted by atomic mass is 16.4. The average molecular weight is 266 g/mol. The minimum atomic E-state index is -1.12. The Morgan fingerprint density at radius 2 is 2.16 bits per heavy atom. The zero-order valence-electron chi connectivity index (χ0n) is 11.0. The number of rotatable bonds is 6. The number of aromatic nitrogens is 1. The normalized spacial score (nSPS) is 10.0. The van der Waals surface area contributed by atoms with Crippen molar-refractivity contribution in [3.05, 3.63) is 17.8 Å². The van der Waals surface area contributed by atoms with E-state index in [0.717, 1.165) is 0 Å². The number of pyridine rings is 1. The number of carboxylic acids is 1. The van der Waals surface area contributed by atoms with Gasteiger partial charge in [0, 0.05) is 13.1 Å². The van der Waals surface area contributed by atoms with Gasteiger partial charge in [0.1, 0.15) is 5.82 Å². The molecule has 1 aromatic rings. The van der Waals surface area contributed by atoms with Crippen LogP contribution >= 0.6 is 0 Å². The lowest BCUT2D eigenvalue weighted by molar-refractivity contribution is -0.119. The van der Waals surface area contributed by atoms with Crippen LogP contribution in [0.4, 0.5) is 11.5 Å². The van der Waals surface area contributed by atoms with Crippen LogP contribution in [0, 0.1) is 0 Å². The van der Waals surface area contributed by atoms with Gasteiger partial charge >= 0.3 is 5.97 Å². The van der Waals surface area contributed by atoms with Crippen molar-refractivity contribution >= 4 is 23.4 Å². The zero-order chi connectivity index (χ0) is 14.4. The molecule has 1 heterocycles. The molecule has 7 heteroatoms. The number of aromatic carboxylic acids is 1. The molecular weight excluding hydrogens is 248 g/mol. The minimum absolute atomic E-state index is 0.0145. The molecule has 0 fully saturated rings. The van der Waals surface area contributed by atoms with Crippen LogP contribution in [0.1, 0.15) is 24.2 Å². The molecule has 1 aromatic heterocycles. The Morgan fingerprint density at radius 3 is 2.68 bits per heavy atom. The number of nitrogens with two attached hydrogens (primary N) is 1. The Bertz CT molecular complexity index is 476.